The first kappa shape index (κ1) is 41.2. The van der Waals surface area contributed by atoms with Gasteiger partial charge in [-0.05, 0) is 90.0 Å². The van der Waals surface area contributed by atoms with Crippen LogP contribution in [0.15, 0.2) is 221 Å². The molecule has 10 aromatic carbocycles. The molecule has 0 bridgehead atoms. The molecule has 0 fully saturated rings. The summed E-state index contributed by atoms with van der Waals surface area (Å²) in [5.41, 5.74) is 13.4. The Morgan fingerprint density at radius 3 is 1.50 bits per heavy atom. The van der Waals surface area contributed by atoms with E-state index in [-0.39, 0.29) is 0 Å². The Bertz CT molecular complexity index is 4950. The van der Waals surface area contributed by atoms with Crippen molar-refractivity contribution in [1.29, 1.82) is 5.26 Å². The molecule has 0 aliphatic carbocycles. The van der Waals surface area contributed by atoms with Gasteiger partial charge in [-0.25, -0.2) is 19.8 Å². The minimum Gasteiger partial charge on any atom is -0.455 e. The Morgan fingerprint density at radius 2 is 0.905 bits per heavy atom. The van der Waals surface area contributed by atoms with Gasteiger partial charge in [-0.1, -0.05) is 133 Å². The first-order valence-corrected chi connectivity index (χ1v) is 24.3. The van der Waals surface area contributed by atoms with Crippen molar-refractivity contribution in [2.75, 3.05) is 0 Å². The lowest BCUT2D eigenvalue weighted by Gasteiger charge is -2.18. The third-order valence-electron chi connectivity index (χ3n) is 14.4. The number of benzene rings is 10. The normalized spacial score (nSPS) is 11.8. The number of rotatable bonds is 6. The number of hydrogen-bond donors (Lipinski definition) is 0. The molecular weight excluding hydrogens is 911 g/mol. The number of hydrogen-bond acceptors (Lipinski definition) is 6. The van der Waals surface area contributed by atoms with E-state index in [1.165, 1.54) is 0 Å². The molecule has 0 aliphatic heterocycles. The smallest absolute Gasteiger partial charge is 0.194 e. The van der Waals surface area contributed by atoms with Crippen LogP contribution >= 0.6 is 0 Å². The van der Waals surface area contributed by atoms with Crippen molar-refractivity contribution in [1.82, 2.24) is 24.1 Å². The second-order valence-corrected chi connectivity index (χ2v) is 18.5. The lowest BCUT2D eigenvalue weighted by atomic mass is 9.99. The van der Waals surface area contributed by atoms with E-state index in [2.05, 4.69) is 117 Å². The highest BCUT2D eigenvalue weighted by Crippen LogP contribution is 2.45. The largest absolute Gasteiger partial charge is 0.455 e. The molecule has 0 atom stereocenters. The van der Waals surface area contributed by atoms with E-state index in [0.717, 1.165) is 116 Å². The molecule has 0 aliphatic rings. The van der Waals surface area contributed by atoms with Gasteiger partial charge in [0.1, 0.15) is 22.3 Å². The summed E-state index contributed by atoms with van der Waals surface area (Å²) < 4.78 is 17.9. The van der Waals surface area contributed by atoms with E-state index in [1.807, 2.05) is 115 Å². The lowest BCUT2D eigenvalue weighted by molar-refractivity contribution is 0.672. The van der Waals surface area contributed by atoms with Crippen molar-refractivity contribution < 1.29 is 8.83 Å². The van der Waals surface area contributed by atoms with Gasteiger partial charge in [0.05, 0.1) is 62.4 Å². The first-order chi connectivity index (χ1) is 36.6. The van der Waals surface area contributed by atoms with Crippen LogP contribution in [0, 0.1) is 17.9 Å². The summed E-state index contributed by atoms with van der Waals surface area (Å²) in [4.78, 5) is 20.1. The zero-order valence-electron chi connectivity index (χ0n) is 39.2. The Labute approximate surface area is 421 Å². The second-order valence-electron chi connectivity index (χ2n) is 18.5. The summed E-state index contributed by atoms with van der Waals surface area (Å²) in [6.45, 7) is 8.17. The minimum absolute atomic E-state index is 0.376. The molecule has 0 N–H and O–H groups in total. The predicted molar refractivity (Wildman–Crippen MR) is 296 cm³/mol. The van der Waals surface area contributed by atoms with Crippen LogP contribution < -0.4 is 0 Å². The van der Waals surface area contributed by atoms with Gasteiger partial charge >= 0.3 is 0 Å². The van der Waals surface area contributed by atoms with Gasteiger partial charge < -0.3 is 18.0 Å². The summed E-state index contributed by atoms with van der Waals surface area (Å²) in [5, 5.41) is 18.8. The maximum Gasteiger partial charge on any atom is 0.194 e. The van der Waals surface area contributed by atoms with E-state index in [9.17, 15) is 5.26 Å². The van der Waals surface area contributed by atoms with E-state index in [0.29, 0.717) is 39.9 Å². The average molecular weight is 946 g/mol. The van der Waals surface area contributed by atoms with Gasteiger partial charge in [0, 0.05) is 49.0 Å². The molecule has 5 aromatic heterocycles. The van der Waals surface area contributed by atoms with Crippen LogP contribution in [0.5, 0.6) is 0 Å². The fourth-order valence-electron chi connectivity index (χ4n) is 11.2. The summed E-state index contributed by atoms with van der Waals surface area (Å²) >= 11 is 0. The quantitative estimate of drug-likeness (QED) is 0.154. The van der Waals surface area contributed by atoms with Gasteiger partial charge in [-0.15, -0.1) is 0 Å². The van der Waals surface area contributed by atoms with Crippen molar-refractivity contribution >= 4 is 93.2 Å². The molecule has 0 unspecified atom stereocenters. The highest BCUT2D eigenvalue weighted by molar-refractivity contribution is 6.25. The Morgan fingerprint density at radius 1 is 0.405 bits per heavy atom. The van der Waals surface area contributed by atoms with Gasteiger partial charge in [-0.3, -0.25) is 0 Å². The monoisotopic (exact) mass is 945 g/mol. The lowest BCUT2D eigenvalue weighted by Crippen LogP contribution is -2.06. The van der Waals surface area contributed by atoms with Crippen LogP contribution in [-0.4, -0.2) is 24.1 Å². The highest BCUT2D eigenvalue weighted by Gasteiger charge is 2.26. The maximum atomic E-state index is 10.6. The van der Waals surface area contributed by atoms with Crippen LogP contribution in [-0.2, 0) is 0 Å². The Kier molecular flexibility index (Phi) is 8.88. The molecule has 0 amide bonds. The molecule has 5 heterocycles. The molecular formula is C65H35N7O2. The molecule has 0 saturated carbocycles. The number of fused-ring (bicyclic) bond motifs is 14. The zero-order valence-corrected chi connectivity index (χ0v) is 39.2. The molecule has 9 heteroatoms. The predicted octanol–water partition coefficient (Wildman–Crippen LogP) is 17.0. The Balaban J connectivity index is 1.04. The van der Waals surface area contributed by atoms with Crippen LogP contribution in [0.1, 0.15) is 5.56 Å². The van der Waals surface area contributed by atoms with Crippen LogP contribution in [0.4, 0.5) is 5.69 Å². The van der Waals surface area contributed by atoms with Crippen molar-refractivity contribution in [2.45, 2.75) is 0 Å². The fraction of sp³-hybridized carbons (Fsp3) is 0. The molecule has 0 saturated heterocycles. The number of furan rings is 2. The average Bonchev–Trinajstić information content (AvgIpc) is 4.28. The van der Waals surface area contributed by atoms with Crippen molar-refractivity contribution in [3.05, 3.63) is 229 Å². The van der Waals surface area contributed by atoms with Gasteiger partial charge in [0.25, 0.3) is 0 Å². The molecule has 0 radical (unpaired) electrons. The van der Waals surface area contributed by atoms with Crippen molar-refractivity contribution in [2.24, 2.45) is 0 Å². The number of para-hydroxylation sites is 5. The second kappa shape index (κ2) is 16.0. The fourth-order valence-corrected chi connectivity index (χ4v) is 11.2. The number of nitriles is 1. The Hall–Kier alpha value is -10.6. The maximum absolute atomic E-state index is 10.6. The number of nitrogens with zero attached hydrogens (tertiary/aromatic N) is 7. The highest BCUT2D eigenvalue weighted by atomic mass is 16.3. The summed E-state index contributed by atoms with van der Waals surface area (Å²) in [6.07, 6.45) is 0. The van der Waals surface area contributed by atoms with Gasteiger partial charge in [0.2, 0.25) is 0 Å². The summed E-state index contributed by atoms with van der Waals surface area (Å²) in [7, 11) is 0. The molecule has 74 heavy (non-hydrogen) atoms. The molecule has 9 nitrogen and oxygen atoms in total. The molecule has 15 aromatic rings. The number of aromatic nitrogens is 5. The van der Waals surface area contributed by atoms with Crippen LogP contribution in [0.25, 0.3) is 149 Å². The van der Waals surface area contributed by atoms with Crippen LogP contribution in [0.3, 0.4) is 0 Å². The molecule has 0 spiro atoms. The standard InChI is InChI=1S/C65H35N7O2/c1-67-50-22-10-5-17-41(50)40-28-32-54(72-52-24-12-7-21-47(52)60-56(72)34-30-45-43-19-9-14-26-58(43)74-62(45)60)49(36-40)65-69-63(39-15-3-2-4-16-39)68-64(70-65)48-35-38(37-66)27-31-53(48)71-51-23-11-6-20-46(51)59-55(71)33-29-44-42-18-8-13-25-57(42)73-61(44)59/h2-36H. The first-order valence-electron chi connectivity index (χ1n) is 24.3. The summed E-state index contributed by atoms with van der Waals surface area (Å²) in [5.74, 6) is 1.23. The van der Waals surface area contributed by atoms with E-state index in [1.54, 1.807) is 0 Å². The van der Waals surface area contributed by atoms with Crippen LogP contribution in [0.2, 0.25) is 0 Å². The topological polar surface area (TPSA) is 103 Å². The van der Waals surface area contributed by atoms with Gasteiger partial charge in [0.15, 0.2) is 23.2 Å². The third-order valence-corrected chi connectivity index (χ3v) is 14.4. The zero-order chi connectivity index (χ0) is 49.0. The minimum atomic E-state index is 0.376. The van der Waals surface area contributed by atoms with E-state index in [4.69, 9.17) is 30.4 Å². The third kappa shape index (κ3) is 6.05. The van der Waals surface area contributed by atoms with E-state index >= 15 is 0 Å². The van der Waals surface area contributed by atoms with Gasteiger partial charge in [-0.2, -0.15) is 5.26 Å². The molecule has 15 rings (SSSR count). The van der Waals surface area contributed by atoms with E-state index < -0.39 is 0 Å². The van der Waals surface area contributed by atoms with Crippen molar-refractivity contribution in [3.8, 4) is 62.7 Å². The molecule has 342 valence electrons. The van der Waals surface area contributed by atoms with Crippen molar-refractivity contribution in [3.63, 3.8) is 0 Å². The SMILES string of the molecule is [C-]#[N+]c1ccccc1-c1ccc(-n2c3ccccc3c3c4oc5ccccc5c4ccc32)c(-c2nc(-c3ccccc3)nc(-c3cc(C#N)ccc3-n3c4ccccc4c4c5oc6ccccc6c5ccc43)n2)c1. The summed E-state index contributed by atoms with van der Waals surface area (Å²) in [6, 6.07) is 73.6.